The molecule has 6 nitrogen and oxygen atoms in total. The predicted molar refractivity (Wildman–Crippen MR) is 121 cm³/mol. The minimum Gasteiger partial charge on any atom is -0.493 e. The van der Waals surface area contributed by atoms with Crippen LogP contribution in [0.1, 0.15) is 30.1 Å². The number of ether oxygens (including phenoxy) is 2. The molecule has 1 unspecified atom stereocenters. The molecule has 1 aliphatic heterocycles. The summed E-state index contributed by atoms with van der Waals surface area (Å²) in [6.45, 7) is 3.04. The summed E-state index contributed by atoms with van der Waals surface area (Å²) in [5.74, 6) is 1.84. The Hall–Kier alpha value is -2.83. The normalized spacial score (nSPS) is 16.2. The van der Waals surface area contributed by atoms with Crippen LogP contribution in [0.2, 0.25) is 0 Å². The van der Waals surface area contributed by atoms with Crippen LogP contribution in [-0.4, -0.2) is 53.4 Å². The summed E-state index contributed by atoms with van der Waals surface area (Å²) in [4.78, 5) is 6.57. The topological polar surface area (TPSA) is 59.8 Å². The highest BCUT2D eigenvalue weighted by Gasteiger charge is 2.26. The Balaban J connectivity index is 1.27. The molecular weight excluding hydrogens is 390 g/mol. The third kappa shape index (κ3) is 5.09. The van der Waals surface area contributed by atoms with Crippen LogP contribution in [0.3, 0.4) is 0 Å². The van der Waals surface area contributed by atoms with Crippen molar-refractivity contribution in [3.05, 3.63) is 72.3 Å². The lowest BCUT2D eigenvalue weighted by molar-refractivity contribution is 0.0592. The number of aromatic nitrogens is 2. The van der Waals surface area contributed by atoms with Crippen molar-refractivity contribution >= 4 is 0 Å². The zero-order valence-corrected chi connectivity index (χ0v) is 18.3. The summed E-state index contributed by atoms with van der Waals surface area (Å²) in [6, 6.07) is 14.3. The van der Waals surface area contributed by atoms with Gasteiger partial charge in [-0.3, -0.25) is 0 Å². The summed E-state index contributed by atoms with van der Waals surface area (Å²) in [5, 5.41) is 10.9. The van der Waals surface area contributed by atoms with Crippen LogP contribution in [0.5, 0.6) is 11.5 Å². The molecule has 1 N–H and O–H groups in total. The van der Waals surface area contributed by atoms with Gasteiger partial charge in [-0.05, 0) is 73.7 Å². The van der Waals surface area contributed by atoms with E-state index in [1.165, 1.54) is 5.56 Å². The van der Waals surface area contributed by atoms with Crippen LogP contribution < -0.4 is 9.47 Å². The van der Waals surface area contributed by atoms with E-state index in [2.05, 4.69) is 22.0 Å². The standard InChI is InChI=1S/C25H31N3O3/c1-30-23-8-3-19(17-24(23)31-2)9-13-27-14-10-21(11-15-27)25(29)20-4-6-22(7-5-20)28-16-12-26-18-28/h3-8,12,16-18,21,25,29H,9-11,13-15H2,1-2H3. The van der Waals surface area contributed by atoms with E-state index in [1.54, 1.807) is 26.7 Å². The fourth-order valence-corrected chi connectivity index (χ4v) is 4.34. The number of benzene rings is 2. The van der Waals surface area contributed by atoms with E-state index in [0.717, 1.165) is 61.6 Å². The van der Waals surface area contributed by atoms with Gasteiger partial charge in [-0.2, -0.15) is 0 Å². The van der Waals surface area contributed by atoms with Crippen molar-refractivity contribution in [2.75, 3.05) is 33.9 Å². The van der Waals surface area contributed by atoms with Crippen LogP contribution in [0.25, 0.3) is 5.69 Å². The summed E-state index contributed by atoms with van der Waals surface area (Å²) < 4.78 is 12.7. The van der Waals surface area contributed by atoms with Gasteiger partial charge in [0.2, 0.25) is 0 Å². The average Bonchev–Trinajstić information content (AvgIpc) is 3.37. The number of nitrogens with zero attached hydrogens (tertiary/aromatic N) is 3. The summed E-state index contributed by atoms with van der Waals surface area (Å²) >= 11 is 0. The van der Waals surface area contributed by atoms with Gasteiger partial charge in [-0.25, -0.2) is 4.98 Å². The summed E-state index contributed by atoms with van der Waals surface area (Å²) in [7, 11) is 3.33. The highest BCUT2D eigenvalue weighted by Crippen LogP contribution is 2.32. The minimum absolute atomic E-state index is 0.302. The van der Waals surface area contributed by atoms with Gasteiger partial charge in [-0.15, -0.1) is 0 Å². The van der Waals surface area contributed by atoms with Crippen molar-refractivity contribution in [2.24, 2.45) is 5.92 Å². The van der Waals surface area contributed by atoms with Gasteiger partial charge in [0.25, 0.3) is 0 Å². The van der Waals surface area contributed by atoms with Crippen molar-refractivity contribution in [1.29, 1.82) is 0 Å². The van der Waals surface area contributed by atoms with Crippen molar-refractivity contribution in [3.8, 4) is 17.2 Å². The highest BCUT2D eigenvalue weighted by molar-refractivity contribution is 5.43. The second-order valence-corrected chi connectivity index (χ2v) is 8.12. The van der Waals surface area contributed by atoms with E-state index in [1.807, 2.05) is 41.1 Å². The number of imidazole rings is 1. The lowest BCUT2D eigenvalue weighted by atomic mass is 9.87. The molecule has 0 radical (unpaired) electrons. The number of rotatable bonds is 8. The molecule has 6 heteroatoms. The summed E-state index contributed by atoms with van der Waals surface area (Å²) in [5.41, 5.74) is 3.30. The lowest BCUT2D eigenvalue weighted by Gasteiger charge is -2.34. The predicted octanol–water partition coefficient (Wildman–Crippen LogP) is 3.88. The lowest BCUT2D eigenvalue weighted by Crippen LogP contribution is -2.36. The molecule has 0 bridgehead atoms. The summed E-state index contributed by atoms with van der Waals surface area (Å²) in [6.07, 6.45) is 8.05. The molecule has 1 fully saturated rings. The Bertz CT molecular complexity index is 949. The molecule has 1 aromatic heterocycles. The monoisotopic (exact) mass is 421 g/mol. The molecule has 0 saturated carbocycles. The van der Waals surface area contributed by atoms with Crippen molar-refractivity contribution < 1.29 is 14.6 Å². The first-order valence-corrected chi connectivity index (χ1v) is 10.9. The Kier molecular flexibility index (Phi) is 6.89. The van der Waals surface area contributed by atoms with Crippen LogP contribution >= 0.6 is 0 Å². The van der Waals surface area contributed by atoms with Crippen LogP contribution in [0, 0.1) is 5.92 Å². The first-order chi connectivity index (χ1) is 15.2. The maximum absolute atomic E-state index is 10.9. The molecule has 2 aromatic carbocycles. The molecule has 31 heavy (non-hydrogen) atoms. The molecular formula is C25H31N3O3. The van der Waals surface area contributed by atoms with E-state index in [0.29, 0.717) is 5.92 Å². The number of aliphatic hydroxyl groups excluding tert-OH is 1. The van der Waals surface area contributed by atoms with Gasteiger partial charge in [0.15, 0.2) is 11.5 Å². The molecule has 4 rings (SSSR count). The van der Waals surface area contributed by atoms with E-state index < -0.39 is 6.10 Å². The fraction of sp³-hybridized carbons (Fsp3) is 0.400. The largest absolute Gasteiger partial charge is 0.493 e. The maximum atomic E-state index is 10.9. The van der Waals surface area contributed by atoms with Gasteiger partial charge in [0.1, 0.15) is 0 Å². The molecule has 0 spiro atoms. The SMILES string of the molecule is COc1ccc(CCN2CCC(C(O)c3ccc(-n4ccnc4)cc3)CC2)cc1OC. The molecule has 3 aromatic rings. The molecule has 0 aliphatic carbocycles. The van der Waals surface area contributed by atoms with Gasteiger partial charge in [-0.1, -0.05) is 18.2 Å². The number of methoxy groups -OCH3 is 2. The van der Waals surface area contributed by atoms with Crippen LogP contribution in [0.4, 0.5) is 0 Å². The first kappa shape index (κ1) is 21.4. The van der Waals surface area contributed by atoms with Gasteiger partial charge in [0.05, 0.1) is 26.7 Å². The second-order valence-electron chi connectivity index (χ2n) is 8.12. The van der Waals surface area contributed by atoms with Crippen LogP contribution in [-0.2, 0) is 6.42 Å². The molecule has 0 amide bonds. The molecule has 164 valence electrons. The number of likely N-dealkylation sites (tertiary alicyclic amines) is 1. The molecule has 1 saturated heterocycles. The smallest absolute Gasteiger partial charge is 0.160 e. The quantitative estimate of drug-likeness (QED) is 0.598. The number of piperidine rings is 1. The second kappa shape index (κ2) is 9.98. The molecule has 2 heterocycles. The van der Waals surface area contributed by atoms with Gasteiger partial charge in [0, 0.05) is 24.6 Å². The number of aliphatic hydroxyl groups is 1. The molecule has 1 aliphatic rings. The fourth-order valence-electron chi connectivity index (χ4n) is 4.34. The van der Waals surface area contributed by atoms with E-state index in [9.17, 15) is 5.11 Å². The third-order valence-electron chi connectivity index (χ3n) is 6.28. The zero-order valence-electron chi connectivity index (χ0n) is 18.3. The van der Waals surface area contributed by atoms with Crippen molar-refractivity contribution in [2.45, 2.75) is 25.4 Å². The number of hydrogen-bond acceptors (Lipinski definition) is 5. The first-order valence-electron chi connectivity index (χ1n) is 10.9. The molecule has 1 atom stereocenters. The zero-order chi connectivity index (χ0) is 21.6. The Morgan fingerprint density at radius 3 is 2.42 bits per heavy atom. The Morgan fingerprint density at radius 2 is 1.77 bits per heavy atom. The van der Waals surface area contributed by atoms with E-state index in [4.69, 9.17) is 9.47 Å². The van der Waals surface area contributed by atoms with E-state index >= 15 is 0 Å². The van der Waals surface area contributed by atoms with Crippen molar-refractivity contribution in [1.82, 2.24) is 14.5 Å². The van der Waals surface area contributed by atoms with Gasteiger partial charge < -0.3 is 24.0 Å². The maximum Gasteiger partial charge on any atom is 0.160 e. The Labute approximate surface area is 184 Å². The van der Waals surface area contributed by atoms with Gasteiger partial charge >= 0.3 is 0 Å². The average molecular weight is 422 g/mol. The Morgan fingerprint density at radius 1 is 1.03 bits per heavy atom. The van der Waals surface area contributed by atoms with Crippen molar-refractivity contribution in [3.63, 3.8) is 0 Å². The highest BCUT2D eigenvalue weighted by atomic mass is 16.5. The van der Waals surface area contributed by atoms with E-state index in [-0.39, 0.29) is 0 Å². The number of hydrogen-bond donors (Lipinski definition) is 1. The third-order valence-corrected chi connectivity index (χ3v) is 6.28. The van der Waals surface area contributed by atoms with Crippen LogP contribution in [0.15, 0.2) is 61.2 Å². The minimum atomic E-state index is -0.412.